The van der Waals surface area contributed by atoms with Crippen molar-refractivity contribution in [3.8, 4) is 0 Å². The molecular weight excluding hydrogens is 182 g/mol. The summed E-state index contributed by atoms with van der Waals surface area (Å²) in [5, 5.41) is 17.2. The van der Waals surface area contributed by atoms with E-state index in [2.05, 4.69) is 0 Å². The molecule has 0 fully saturated rings. The van der Waals surface area contributed by atoms with Crippen LogP contribution in [0.2, 0.25) is 0 Å². The standard InChI is InChI=1S/C6H4O4.2Na.2H/c7-3-1-4(8)6(10)2-5(3)9;;;;/h1-2,7,10H;;;;. The van der Waals surface area contributed by atoms with Crippen LogP contribution in [0.15, 0.2) is 23.7 Å². The van der Waals surface area contributed by atoms with E-state index in [1.54, 1.807) is 0 Å². The SMILES string of the molecule is O=C1C=C(O)C(=O)C=C1O.[NaH].[NaH]. The monoisotopic (exact) mass is 188 g/mol. The van der Waals surface area contributed by atoms with Crippen molar-refractivity contribution in [2.45, 2.75) is 0 Å². The molecule has 0 aromatic rings. The molecule has 4 nitrogen and oxygen atoms in total. The minimum atomic E-state index is -0.753. The molecule has 0 spiro atoms. The van der Waals surface area contributed by atoms with Crippen molar-refractivity contribution in [3.05, 3.63) is 23.7 Å². The topological polar surface area (TPSA) is 74.6 Å². The summed E-state index contributed by atoms with van der Waals surface area (Å²) in [4.78, 5) is 20.9. The number of hydrogen-bond donors (Lipinski definition) is 2. The Balaban J connectivity index is 0. The summed E-state index contributed by atoms with van der Waals surface area (Å²) in [5.74, 6) is -2.78. The van der Waals surface area contributed by atoms with E-state index in [4.69, 9.17) is 10.2 Å². The quantitative estimate of drug-likeness (QED) is 0.367. The molecule has 0 aromatic carbocycles. The molecule has 1 aliphatic carbocycles. The number of rotatable bonds is 0. The molecule has 56 valence electrons. The first-order valence-corrected chi connectivity index (χ1v) is 2.51. The van der Waals surface area contributed by atoms with Crippen LogP contribution in [0.25, 0.3) is 0 Å². The third-order valence-corrected chi connectivity index (χ3v) is 1.04. The summed E-state index contributed by atoms with van der Waals surface area (Å²) in [5.41, 5.74) is 0. The van der Waals surface area contributed by atoms with Gasteiger partial charge in [-0.15, -0.1) is 0 Å². The zero-order valence-corrected chi connectivity index (χ0v) is 4.87. The van der Waals surface area contributed by atoms with E-state index in [1.807, 2.05) is 0 Å². The number of ketones is 2. The first-order valence-electron chi connectivity index (χ1n) is 2.51. The van der Waals surface area contributed by atoms with Gasteiger partial charge in [-0.1, -0.05) is 0 Å². The Morgan fingerprint density at radius 3 is 1.33 bits per heavy atom. The maximum atomic E-state index is 10.4. The van der Waals surface area contributed by atoms with Crippen molar-refractivity contribution in [1.82, 2.24) is 0 Å². The number of hydrogen-bond acceptors (Lipinski definition) is 4. The molecule has 0 atom stereocenters. The van der Waals surface area contributed by atoms with E-state index in [1.165, 1.54) is 0 Å². The maximum absolute atomic E-state index is 10.4. The van der Waals surface area contributed by atoms with E-state index < -0.39 is 23.1 Å². The summed E-state index contributed by atoms with van der Waals surface area (Å²) < 4.78 is 0. The summed E-state index contributed by atoms with van der Waals surface area (Å²) in [6.07, 6.45) is 1.36. The Hall–Kier alpha value is 0.420. The average Bonchev–Trinajstić information content (AvgIpc) is 1.84. The van der Waals surface area contributed by atoms with Gasteiger partial charge in [-0.3, -0.25) is 9.59 Å². The Morgan fingerprint density at radius 2 is 1.08 bits per heavy atom. The van der Waals surface area contributed by atoms with E-state index in [-0.39, 0.29) is 59.1 Å². The molecule has 0 radical (unpaired) electrons. The van der Waals surface area contributed by atoms with Gasteiger partial charge in [0, 0.05) is 12.2 Å². The molecule has 1 aliphatic rings. The predicted octanol–water partition coefficient (Wildman–Crippen LogP) is -1.28. The van der Waals surface area contributed by atoms with Gasteiger partial charge in [0.05, 0.1) is 0 Å². The Bertz CT molecular complexity index is 239. The summed E-state index contributed by atoms with van der Waals surface area (Å²) >= 11 is 0. The normalized spacial score (nSPS) is 15.3. The van der Waals surface area contributed by atoms with Gasteiger partial charge < -0.3 is 10.2 Å². The number of carbonyl (C=O) groups is 2. The molecular formula is C6H6Na2O4. The Kier molecular flexibility index (Phi) is 7.41. The fraction of sp³-hybridized carbons (Fsp3) is 0. The number of aliphatic hydroxyl groups is 2. The second-order valence-corrected chi connectivity index (χ2v) is 1.79. The van der Waals surface area contributed by atoms with Crippen LogP contribution in [0.5, 0.6) is 0 Å². The van der Waals surface area contributed by atoms with Crippen LogP contribution in [0.1, 0.15) is 0 Å². The molecule has 0 aromatic heterocycles. The van der Waals surface area contributed by atoms with Crippen LogP contribution < -0.4 is 0 Å². The molecule has 6 heteroatoms. The van der Waals surface area contributed by atoms with Gasteiger partial charge in [0.1, 0.15) is 0 Å². The van der Waals surface area contributed by atoms with Crippen LogP contribution in [-0.4, -0.2) is 80.9 Å². The van der Waals surface area contributed by atoms with Gasteiger partial charge in [-0.05, 0) is 0 Å². The summed E-state index contributed by atoms with van der Waals surface area (Å²) in [7, 11) is 0. The zero-order chi connectivity index (χ0) is 7.72. The number of aliphatic hydroxyl groups excluding tert-OH is 2. The number of carbonyl (C=O) groups excluding carboxylic acids is 2. The van der Waals surface area contributed by atoms with Crippen molar-refractivity contribution in [3.63, 3.8) is 0 Å². The third-order valence-electron chi connectivity index (χ3n) is 1.04. The predicted molar refractivity (Wildman–Crippen MR) is 45.7 cm³/mol. The van der Waals surface area contributed by atoms with Crippen molar-refractivity contribution in [2.24, 2.45) is 0 Å². The molecule has 1 rings (SSSR count). The van der Waals surface area contributed by atoms with E-state index in [0.717, 1.165) is 0 Å². The molecule has 0 bridgehead atoms. The molecule has 0 aliphatic heterocycles. The fourth-order valence-corrected chi connectivity index (χ4v) is 0.538. The molecule has 0 saturated carbocycles. The van der Waals surface area contributed by atoms with Crippen molar-refractivity contribution < 1.29 is 19.8 Å². The van der Waals surface area contributed by atoms with Crippen LogP contribution >= 0.6 is 0 Å². The molecule has 0 unspecified atom stereocenters. The second kappa shape index (κ2) is 5.96. The van der Waals surface area contributed by atoms with Gasteiger partial charge >= 0.3 is 59.1 Å². The van der Waals surface area contributed by atoms with E-state index in [0.29, 0.717) is 12.2 Å². The van der Waals surface area contributed by atoms with Crippen LogP contribution in [0, 0.1) is 0 Å². The Morgan fingerprint density at radius 1 is 0.833 bits per heavy atom. The van der Waals surface area contributed by atoms with Crippen molar-refractivity contribution in [2.75, 3.05) is 0 Å². The molecule has 0 heterocycles. The fourth-order valence-electron chi connectivity index (χ4n) is 0.538. The van der Waals surface area contributed by atoms with Crippen LogP contribution in [-0.2, 0) is 9.59 Å². The molecule has 12 heavy (non-hydrogen) atoms. The Labute approximate surface area is 113 Å². The minimum absolute atomic E-state index is 0. The molecule has 0 saturated heterocycles. The molecule has 2 N–H and O–H groups in total. The van der Waals surface area contributed by atoms with Gasteiger partial charge in [0.2, 0.25) is 11.6 Å². The van der Waals surface area contributed by atoms with Crippen LogP contribution in [0.4, 0.5) is 0 Å². The van der Waals surface area contributed by atoms with E-state index >= 15 is 0 Å². The summed E-state index contributed by atoms with van der Waals surface area (Å²) in [6, 6.07) is 0. The van der Waals surface area contributed by atoms with Crippen molar-refractivity contribution >= 4 is 70.7 Å². The first-order chi connectivity index (χ1) is 4.61. The van der Waals surface area contributed by atoms with Gasteiger partial charge in [-0.25, -0.2) is 0 Å². The van der Waals surface area contributed by atoms with Gasteiger partial charge in [0.25, 0.3) is 0 Å². The average molecular weight is 188 g/mol. The van der Waals surface area contributed by atoms with Gasteiger partial charge in [0.15, 0.2) is 11.5 Å². The summed E-state index contributed by atoms with van der Waals surface area (Å²) in [6.45, 7) is 0. The zero-order valence-electron chi connectivity index (χ0n) is 4.87. The van der Waals surface area contributed by atoms with Crippen LogP contribution in [0.3, 0.4) is 0 Å². The van der Waals surface area contributed by atoms with Crippen molar-refractivity contribution in [1.29, 1.82) is 0 Å². The van der Waals surface area contributed by atoms with Gasteiger partial charge in [-0.2, -0.15) is 0 Å². The third kappa shape index (κ3) is 3.43. The first kappa shape index (κ1) is 14.9. The second-order valence-electron chi connectivity index (χ2n) is 1.79. The number of allylic oxidation sites excluding steroid dienone is 2. The van der Waals surface area contributed by atoms with E-state index in [9.17, 15) is 9.59 Å². The molecule has 0 amide bonds.